The van der Waals surface area contributed by atoms with E-state index >= 15 is 0 Å². The molecule has 11 heteroatoms. The first-order chi connectivity index (χ1) is 14.8. The number of imidazole rings is 1. The molecule has 1 aliphatic heterocycles. The van der Waals surface area contributed by atoms with Crippen molar-refractivity contribution in [3.8, 4) is 0 Å². The van der Waals surface area contributed by atoms with Gasteiger partial charge in [0.2, 0.25) is 5.16 Å². The molecule has 164 valence electrons. The van der Waals surface area contributed by atoms with Crippen molar-refractivity contribution < 1.29 is 9.00 Å². The fourth-order valence-corrected chi connectivity index (χ4v) is 5.05. The van der Waals surface area contributed by atoms with E-state index in [1.165, 1.54) is 4.57 Å². The fourth-order valence-electron chi connectivity index (χ4n) is 3.81. The third kappa shape index (κ3) is 3.80. The van der Waals surface area contributed by atoms with E-state index in [0.29, 0.717) is 19.5 Å². The number of rotatable bonds is 5. The Balaban J connectivity index is 1.96. The maximum absolute atomic E-state index is 13.4. The second-order valence-corrected chi connectivity index (χ2v) is 9.73. The lowest BCUT2D eigenvalue weighted by Crippen LogP contribution is -2.39. The van der Waals surface area contributed by atoms with Gasteiger partial charge in [-0.05, 0) is 24.8 Å². The van der Waals surface area contributed by atoms with Gasteiger partial charge in [-0.15, -0.1) is 0 Å². The van der Waals surface area contributed by atoms with Gasteiger partial charge in [-0.2, -0.15) is 4.98 Å². The molecule has 3 heterocycles. The molecule has 1 amide bonds. The van der Waals surface area contributed by atoms with Crippen LogP contribution in [0.4, 0.5) is 10.6 Å². The van der Waals surface area contributed by atoms with Gasteiger partial charge in [0.25, 0.3) is 0 Å². The number of carbonyl (C=O) groups excluding carboxylic acids is 1. The van der Waals surface area contributed by atoms with E-state index in [0.717, 1.165) is 23.0 Å². The topological polar surface area (TPSA) is 140 Å². The molecule has 31 heavy (non-hydrogen) atoms. The fraction of sp³-hybridized carbons (Fsp3) is 0.400. The molecule has 1 fully saturated rings. The number of hydrogen-bond acceptors (Lipinski definition) is 7. The van der Waals surface area contributed by atoms with E-state index in [2.05, 4.69) is 9.97 Å². The highest BCUT2D eigenvalue weighted by Crippen LogP contribution is 2.22. The number of hydrogen-bond donors (Lipinski definition) is 2. The molecular weight excluding hydrogens is 418 g/mol. The van der Waals surface area contributed by atoms with Crippen molar-refractivity contribution in [1.82, 2.24) is 24.0 Å². The summed E-state index contributed by atoms with van der Waals surface area (Å²) in [5.41, 5.74) is 6.61. The molecule has 1 aromatic carbocycles. The number of nitrogens with two attached hydrogens (primary N) is 1. The minimum absolute atomic E-state index is 0.0777. The van der Waals surface area contributed by atoms with Gasteiger partial charge in [-0.25, -0.2) is 28.1 Å². The molecule has 0 aliphatic carbocycles. The molecule has 0 bridgehead atoms. The number of anilines is 1. The van der Waals surface area contributed by atoms with Gasteiger partial charge in [0.1, 0.15) is 15.2 Å². The molecule has 0 radical (unpaired) electrons. The van der Waals surface area contributed by atoms with Crippen LogP contribution in [0.2, 0.25) is 0 Å². The van der Waals surface area contributed by atoms with Crippen LogP contribution >= 0.6 is 0 Å². The maximum Gasteiger partial charge on any atom is 0.339 e. The van der Waals surface area contributed by atoms with Crippen LogP contribution in [-0.2, 0) is 16.3 Å². The number of amides is 1. The Morgan fingerprint density at radius 1 is 1.19 bits per heavy atom. The minimum Gasteiger partial charge on any atom is -0.382 e. The van der Waals surface area contributed by atoms with Crippen molar-refractivity contribution in [3.63, 3.8) is 0 Å². The lowest BCUT2D eigenvalue weighted by Gasteiger charge is -2.15. The van der Waals surface area contributed by atoms with E-state index < -0.39 is 21.4 Å². The molecular formula is C20H25N7O3S. The van der Waals surface area contributed by atoms with Gasteiger partial charge >= 0.3 is 11.7 Å². The van der Waals surface area contributed by atoms with Crippen molar-refractivity contribution in [2.24, 2.45) is 0 Å². The van der Waals surface area contributed by atoms with Crippen LogP contribution in [-0.4, -0.2) is 53.1 Å². The van der Waals surface area contributed by atoms with Crippen molar-refractivity contribution in [2.75, 3.05) is 24.6 Å². The lowest BCUT2D eigenvalue weighted by atomic mass is 10.2. The minimum atomic E-state index is -3.28. The number of nitrogens with zero attached hydrogens (tertiary/aromatic N) is 5. The van der Waals surface area contributed by atoms with Crippen LogP contribution in [0.3, 0.4) is 0 Å². The molecule has 0 saturated carbocycles. The first-order valence-corrected chi connectivity index (χ1v) is 11.9. The van der Waals surface area contributed by atoms with E-state index in [-0.39, 0.29) is 34.4 Å². The Morgan fingerprint density at radius 3 is 2.52 bits per heavy atom. The van der Waals surface area contributed by atoms with Crippen molar-refractivity contribution in [2.45, 2.75) is 37.9 Å². The summed E-state index contributed by atoms with van der Waals surface area (Å²) < 4.78 is 23.3. The second-order valence-electron chi connectivity index (χ2n) is 7.61. The van der Waals surface area contributed by atoms with Crippen LogP contribution in [0.5, 0.6) is 0 Å². The van der Waals surface area contributed by atoms with Crippen molar-refractivity contribution in [1.29, 1.82) is 4.78 Å². The maximum atomic E-state index is 13.4. The number of nitrogen functional groups attached to an aromatic ring is 1. The number of nitrogens with one attached hydrogen (secondary N) is 1. The van der Waals surface area contributed by atoms with Gasteiger partial charge in [0.05, 0.1) is 6.54 Å². The number of aromatic nitrogens is 4. The number of benzene rings is 1. The Morgan fingerprint density at radius 2 is 1.87 bits per heavy atom. The highest BCUT2D eigenvalue weighted by molar-refractivity contribution is 7.92. The predicted molar refractivity (Wildman–Crippen MR) is 118 cm³/mol. The summed E-state index contributed by atoms with van der Waals surface area (Å²) in [6.07, 6.45) is 2.25. The standard InChI is InChI=1S/C20H25N7O3S/c1-2-12-31(22,30)18-23-16(21)15-17(24-18)26(13-14-8-4-3-5-9-14)20(29)27(15)19(28)25-10-6-7-11-25/h3-5,8-9,22H,2,6-7,10-13H2,1H3,(H2,21,23,24). The van der Waals surface area contributed by atoms with Crippen molar-refractivity contribution >= 4 is 32.7 Å². The summed E-state index contributed by atoms with van der Waals surface area (Å²) in [5, 5.41) is -0.216. The number of fused-ring (bicyclic) bond motifs is 1. The summed E-state index contributed by atoms with van der Waals surface area (Å²) in [5.74, 6) is -0.0543. The first kappa shape index (κ1) is 21.0. The van der Waals surface area contributed by atoms with Crippen LogP contribution in [0.1, 0.15) is 31.7 Å². The Hall–Kier alpha value is -3.21. The normalized spacial score (nSPS) is 16.0. The molecule has 3 N–H and O–H groups in total. The largest absolute Gasteiger partial charge is 0.382 e. The lowest BCUT2D eigenvalue weighted by molar-refractivity contribution is 0.210. The third-order valence-corrected chi connectivity index (χ3v) is 7.07. The van der Waals surface area contributed by atoms with Gasteiger partial charge in [-0.1, -0.05) is 37.3 Å². The molecule has 1 saturated heterocycles. The zero-order valence-electron chi connectivity index (χ0n) is 17.3. The molecule has 10 nitrogen and oxygen atoms in total. The van der Waals surface area contributed by atoms with Crippen LogP contribution < -0.4 is 11.4 Å². The summed E-state index contributed by atoms with van der Waals surface area (Å²) in [7, 11) is -3.28. The van der Waals surface area contributed by atoms with E-state index in [1.54, 1.807) is 4.90 Å². The second kappa shape index (κ2) is 8.14. The highest BCUT2D eigenvalue weighted by atomic mass is 32.2. The molecule has 1 unspecified atom stereocenters. The molecule has 1 aliphatic rings. The van der Waals surface area contributed by atoms with Gasteiger partial charge < -0.3 is 10.6 Å². The predicted octanol–water partition coefficient (Wildman–Crippen LogP) is 2.10. The molecule has 3 aromatic rings. The molecule has 0 spiro atoms. The zero-order chi connectivity index (χ0) is 22.2. The number of carbonyl (C=O) groups is 1. The first-order valence-electron chi connectivity index (χ1n) is 10.2. The monoisotopic (exact) mass is 443 g/mol. The molecule has 2 aromatic heterocycles. The Kier molecular flexibility index (Phi) is 5.52. The summed E-state index contributed by atoms with van der Waals surface area (Å²) in [6.45, 7) is 3.09. The summed E-state index contributed by atoms with van der Waals surface area (Å²) in [6, 6.07) is 8.80. The summed E-state index contributed by atoms with van der Waals surface area (Å²) >= 11 is 0. The van der Waals surface area contributed by atoms with Crippen LogP contribution in [0.25, 0.3) is 11.2 Å². The average Bonchev–Trinajstić information content (AvgIpc) is 3.36. The quantitative estimate of drug-likeness (QED) is 0.579. The molecule has 1 atom stereocenters. The van der Waals surface area contributed by atoms with E-state index in [1.807, 2.05) is 37.3 Å². The van der Waals surface area contributed by atoms with E-state index in [9.17, 15) is 13.8 Å². The summed E-state index contributed by atoms with van der Waals surface area (Å²) in [4.78, 5) is 36.5. The van der Waals surface area contributed by atoms with E-state index in [4.69, 9.17) is 10.5 Å². The third-order valence-electron chi connectivity index (χ3n) is 5.31. The Labute approximate surface area is 179 Å². The zero-order valence-corrected chi connectivity index (χ0v) is 18.1. The van der Waals surface area contributed by atoms with Crippen molar-refractivity contribution in [3.05, 3.63) is 46.4 Å². The van der Waals surface area contributed by atoms with Gasteiger partial charge in [0.15, 0.2) is 11.5 Å². The van der Waals surface area contributed by atoms with Crippen LogP contribution in [0.15, 0.2) is 40.3 Å². The molecule has 4 rings (SSSR count). The van der Waals surface area contributed by atoms with Crippen LogP contribution in [0, 0.1) is 4.78 Å². The Bertz CT molecular complexity index is 1290. The SMILES string of the molecule is CCCS(=N)(=O)c1nc(N)c2c(n1)n(Cc1ccccc1)c(=O)n2C(=O)N1CCCC1. The number of likely N-dealkylation sites (tertiary alicyclic amines) is 1. The van der Waals surface area contributed by atoms with Gasteiger partial charge in [0, 0.05) is 18.8 Å². The average molecular weight is 444 g/mol. The smallest absolute Gasteiger partial charge is 0.339 e. The highest BCUT2D eigenvalue weighted by Gasteiger charge is 2.29. The van der Waals surface area contributed by atoms with Gasteiger partial charge in [-0.3, -0.25) is 4.57 Å².